The molecule has 6 bridgehead atoms. The summed E-state index contributed by atoms with van der Waals surface area (Å²) in [6.45, 7) is 1.70. The van der Waals surface area contributed by atoms with Crippen LogP contribution in [0.4, 0.5) is 5.69 Å². The van der Waals surface area contributed by atoms with Gasteiger partial charge in [-0.15, -0.1) is 0 Å². The van der Waals surface area contributed by atoms with Gasteiger partial charge < -0.3 is 29.4 Å². The minimum atomic E-state index is -0.142. The molecule has 0 spiro atoms. The van der Waals surface area contributed by atoms with Crippen molar-refractivity contribution in [3.63, 3.8) is 0 Å². The second-order valence-corrected chi connectivity index (χ2v) is 12.7. The molecule has 2 N–H and O–H groups in total. The standard InChI is InChI=1S/C38H43N3O5/c1-39-30-11-8-24-17-31-29-21-35(34(43-4)20-25(29)12-14-40(31)2)46-38-36-26(19-27(22-42)37(38)44-5)13-15-41(3)32(36)16-23-6-9-28(10-7-23)45-33(30)18-24/h6-11,18-21,31-32,39,42H,12-17,22H2,1-5H3/t31-,32+/m1/s1. The van der Waals surface area contributed by atoms with Gasteiger partial charge in [0.1, 0.15) is 5.75 Å². The van der Waals surface area contributed by atoms with Gasteiger partial charge in [0, 0.05) is 43.3 Å². The average Bonchev–Trinajstić information content (AvgIpc) is 3.07. The van der Waals surface area contributed by atoms with Crippen LogP contribution in [0.2, 0.25) is 0 Å². The lowest BCUT2D eigenvalue weighted by atomic mass is 9.86. The molecule has 4 heterocycles. The number of fused-ring (bicyclic) bond motifs is 2. The van der Waals surface area contributed by atoms with Gasteiger partial charge in [-0.1, -0.05) is 18.2 Å². The third kappa shape index (κ3) is 5.44. The van der Waals surface area contributed by atoms with Crippen molar-refractivity contribution in [3.05, 3.63) is 99.6 Å². The van der Waals surface area contributed by atoms with Crippen LogP contribution in [0.5, 0.6) is 34.5 Å². The van der Waals surface area contributed by atoms with Crippen molar-refractivity contribution >= 4 is 5.69 Å². The minimum Gasteiger partial charge on any atom is -0.493 e. The van der Waals surface area contributed by atoms with E-state index in [1.54, 1.807) is 14.2 Å². The lowest BCUT2D eigenvalue weighted by Crippen LogP contribution is -2.34. The van der Waals surface area contributed by atoms with Crippen LogP contribution in [0.25, 0.3) is 0 Å². The molecular formula is C38H43N3O5. The highest BCUT2D eigenvalue weighted by molar-refractivity contribution is 5.62. The number of hydrogen-bond donors (Lipinski definition) is 2. The third-order valence-corrected chi connectivity index (χ3v) is 10.00. The first-order chi connectivity index (χ1) is 22.4. The second kappa shape index (κ2) is 12.5. The number of anilines is 1. The summed E-state index contributed by atoms with van der Waals surface area (Å²) in [5, 5.41) is 13.7. The highest BCUT2D eigenvalue weighted by atomic mass is 16.5. The first-order valence-electron chi connectivity index (χ1n) is 16.1. The Balaban J connectivity index is 1.46. The third-order valence-electron chi connectivity index (χ3n) is 10.00. The number of aliphatic hydroxyl groups excluding tert-OH is 1. The quantitative estimate of drug-likeness (QED) is 0.262. The molecule has 8 rings (SSSR count). The predicted molar refractivity (Wildman–Crippen MR) is 180 cm³/mol. The van der Waals surface area contributed by atoms with Crippen LogP contribution in [-0.4, -0.2) is 63.4 Å². The van der Waals surface area contributed by atoms with Crippen LogP contribution < -0.4 is 24.3 Å². The highest BCUT2D eigenvalue weighted by Gasteiger charge is 2.34. The number of rotatable bonds is 4. The Morgan fingerprint density at radius 1 is 0.804 bits per heavy atom. The van der Waals surface area contributed by atoms with Gasteiger partial charge in [-0.25, -0.2) is 0 Å². The van der Waals surface area contributed by atoms with Crippen LogP contribution in [0.1, 0.15) is 51.0 Å². The fraction of sp³-hybridized carbons (Fsp3) is 0.368. The molecule has 4 aliphatic heterocycles. The van der Waals surface area contributed by atoms with Crippen molar-refractivity contribution in [2.45, 2.75) is 44.4 Å². The number of nitrogens with zero attached hydrogens (tertiary/aromatic N) is 2. The number of hydrogen-bond acceptors (Lipinski definition) is 8. The first kappa shape index (κ1) is 30.4. The van der Waals surface area contributed by atoms with Gasteiger partial charge in [0.15, 0.2) is 28.7 Å². The molecule has 2 atom stereocenters. The smallest absolute Gasteiger partial charge is 0.174 e. The van der Waals surface area contributed by atoms with Gasteiger partial charge in [0.2, 0.25) is 0 Å². The van der Waals surface area contributed by atoms with E-state index in [0.717, 1.165) is 67.1 Å². The van der Waals surface area contributed by atoms with E-state index in [0.29, 0.717) is 23.0 Å². The van der Waals surface area contributed by atoms with E-state index in [2.05, 4.69) is 89.9 Å². The molecule has 0 radical (unpaired) electrons. The normalized spacial score (nSPS) is 19.3. The monoisotopic (exact) mass is 621 g/mol. The van der Waals surface area contributed by atoms with E-state index in [4.69, 9.17) is 18.9 Å². The van der Waals surface area contributed by atoms with Crippen molar-refractivity contribution in [1.29, 1.82) is 0 Å². The van der Waals surface area contributed by atoms with Crippen LogP contribution in [0.3, 0.4) is 0 Å². The average molecular weight is 622 g/mol. The Kier molecular flexibility index (Phi) is 8.27. The predicted octanol–water partition coefficient (Wildman–Crippen LogP) is 6.68. The second-order valence-electron chi connectivity index (χ2n) is 12.7. The maximum Gasteiger partial charge on any atom is 0.174 e. The number of likely N-dealkylation sites (N-methyl/N-ethyl adjacent to an activating group) is 2. The zero-order chi connectivity index (χ0) is 31.9. The molecule has 0 unspecified atom stereocenters. The zero-order valence-corrected chi connectivity index (χ0v) is 27.4. The lowest BCUT2D eigenvalue weighted by Gasteiger charge is -2.37. The number of nitrogens with one attached hydrogen (secondary N) is 1. The van der Waals surface area contributed by atoms with Gasteiger partial charge in [-0.2, -0.15) is 0 Å². The van der Waals surface area contributed by atoms with E-state index in [9.17, 15) is 5.11 Å². The van der Waals surface area contributed by atoms with Crippen LogP contribution >= 0.6 is 0 Å². The minimum absolute atomic E-state index is 0.0288. The summed E-state index contributed by atoms with van der Waals surface area (Å²) >= 11 is 0. The summed E-state index contributed by atoms with van der Waals surface area (Å²) in [6, 6.07) is 21.4. The number of methoxy groups -OCH3 is 2. The van der Waals surface area contributed by atoms with Gasteiger partial charge >= 0.3 is 0 Å². The lowest BCUT2D eigenvalue weighted by molar-refractivity contribution is 0.219. The number of benzene rings is 4. The fourth-order valence-electron chi connectivity index (χ4n) is 7.41. The molecule has 0 fully saturated rings. The fourth-order valence-corrected chi connectivity index (χ4v) is 7.41. The van der Waals surface area contributed by atoms with E-state index >= 15 is 0 Å². The van der Waals surface area contributed by atoms with E-state index in [1.807, 2.05) is 7.05 Å². The van der Waals surface area contributed by atoms with E-state index in [-0.39, 0.29) is 18.7 Å². The van der Waals surface area contributed by atoms with Gasteiger partial charge in [0.05, 0.1) is 26.5 Å². The summed E-state index contributed by atoms with van der Waals surface area (Å²) in [5.74, 6) is 4.14. The number of ether oxygens (including phenoxy) is 4. The molecule has 46 heavy (non-hydrogen) atoms. The largest absolute Gasteiger partial charge is 0.493 e. The topological polar surface area (TPSA) is 75.7 Å². The summed E-state index contributed by atoms with van der Waals surface area (Å²) in [5.41, 5.74) is 8.79. The molecule has 0 saturated carbocycles. The Bertz CT molecular complexity index is 1750. The maximum absolute atomic E-state index is 10.4. The van der Waals surface area contributed by atoms with E-state index < -0.39 is 0 Å². The van der Waals surface area contributed by atoms with Crippen molar-refractivity contribution in [1.82, 2.24) is 9.80 Å². The Hall–Kier alpha value is -4.24. The zero-order valence-electron chi connectivity index (χ0n) is 27.4. The molecule has 4 aromatic rings. The SMILES string of the molecule is CNc1ccc2cc1Oc1ccc(cc1)C[C@H]1c3c(cc(CO)c(OC)c3Oc3cc4c(cc3OC)CCN(C)[C@@H]4C2)CCN1C. The molecule has 0 saturated heterocycles. The molecule has 4 aliphatic rings. The number of aliphatic hydroxyl groups is 1. The Morgan fingerprint density at radius 2 is 1.52 bits per heavy atom. The molecule has 0 aromatic heterocycles. The Labute approximate surface area is 271 Å². The van der Waals surface area contributed by atoms with Crippen LogP contribution in [-0.2, 0) is 32.3 Å². The molecule has 240 valence electrons. The molecule has 0 amide bonds. The van der Waals surface area contributed by atoms with Crippen molar-refractivity contribution < 1.29 is 24.1 Å². The first-order valence-corrected chi connectivity index (χ1v) is 16.1. The van der Waals surface area contributed by atoms with Crippen LogP contribution in [0.15, 0.2) is 60.7 Å². The molecule has 8 heteroatoms. The van der Waals surface area contributed by atoms with Gasteiger partial charge in [0.25, 0.3) is 0 Å². The van der Waals surface area contributed by atoms with Gasteiger partial charge in [-0.05, 0) is 110 Å². The molecule has 8 nitrogen and oxygen atoms in total. The molecular weight excluding hydrogens is 578 g/mol. The van der Waals surface area contributed by atoms with E-state index in [1.165, 1.54) is 27.8 Å². The highest BCUT2D eigenvalue weighted by Crippen LogP contribution is 2.50. The Morgan fingerprint density at radius 3 is 2.24 bits per heavy atom. The molecule has 0 aliphatic carbocycles. The van der Waals surface area contributed by atoms with Crippen molar-refractivity contribution in [2.24, 2.45) is 0 Å². The summed E-state index contributed by atoms with van der Waals surface area (Å²) in [4.78, 5) is 4.80. The summed E-state index contributed by atoms with van der Waals surface area (Å²) in [6.07, 6.45) is 3.35. The summed E-state index contributed by atoms with van der Waals surface area (Å²) in [7, 11) is 9.63. The van der Waals surface area contributed by atoms with Crippen molar-refractivity contribution in [2.75, 3.05) is 53.8 Å². The van der Waals surface area contributed by atoms with Crippen molar-refractivity contribution in [3.8, 4) is 34.5 Å². The molecule has 4 aromatic carbocycles. The maximum atomic E-state index is 10.4. The van der Waals surface area contributed by atoms with Gasteiger partial charge in [-0.3, -0.25) is 9.80 Å². The summed E-state index contributed by atoms with van der Waals surface area (Å²) < 4.78 is 25.5. The van der Waals surface area contributed by atoms with Crippen LogP contribution in [0, 0.1) is 0 Å².